The summed E-state index contributed by atoms with van der Waals surface area (Å²) < 4.78 is 15.2. The lowest BCUT2D eigenvalue weighted by molar-refractivity contribution is -0.402. The van der Waals surface area contributed by atoms with Gasteiger partial charge in [0, 0.05) is 5.56 Å². The number of nitrogens with zero attached hydrogens (tertiary/aromatic N) is 2. The first-order valence-electron chi connectivity index (χ1n) is 9.94. The van der Waals surface area contributed by atoms with Crippen LogP contribution in [-0.4, -0.2) is 22.8 Å². The van der Waals surface area contributed by atoms with Gasteiger partial charge in [-0.15, -0.1) is 0 Å². The van der Waals surface area contributed by atoms with Crippen molar-refractivity contribution in [1.82, 2.24) is 0 Å². The van der Waals surface area contributed by atoms with Crippen molar-refractivity contribution in [1.29, 1.82) is 0 Å². The van der Waals surface area contributed by atoms with Crippen LogP contribution in [0.3, 0.4) is 0 Å². The van der Waals surface area contributed by atoms with Crippen LogP contribution >= 0.6 is 0 Å². The van der Waals surface area contributed by atoms with E-state index in [1.165, 1.54) is 6.07 Å². The van der Waals surface area contributed by atoms with Gasteiger partial charge in [-0.05, 0) is 40.6 Å². The van der Waals surface area contributed by atoms with Gasteiger partial charge < -0.3 is 19.6 Å². The van der Waals surface area contributed by atoms with Gasteiger partial charge in [-0.25, -0.2) is 9.59 Å². The molecule has 1 aromatic heterocycles. The molecule has 4 aromatic rings. The molecule has 0 atom stereocenters. The van der Waals surface area contributed by atoms with Crippen molar-refractivity contribution in [3.05, 3.63) is 106 Å². The Labute approximate surface area is 192 Å². The van der Waals surface area contributed by atoms with Crippen LogP contribution in [0.4, 0.5) is 10.7 Å². The van der Waals surface area contributed by atoms with Gasteiger partial charge >= 0.3 is 17.9 Å². The molecular formula is C24H17N3O7. The Hall–Kier alpha value is -4.99. The van der Waals surface area contributed by atoms with Crippen LogP contribution in [0.25, 0.3) is 10.8 Å². The number of nitrogens with two attached hydrogens (primary N) is 1. The van der Waals surface area contributed by atoms with Crippen molar-refractivity contribution in [2.75, 3.05) is 0 Å². The van der Waals surface area contributed by atoms with E-state index in [0.29, 0.717) is 5.56 Å². The molecule has 0 spiro atoms. The van der Waals surface area contributed by atoms with Crippen LogP contribution < -0.4 is 10.5 Å². The number of nitro groups is 1. The predicted octanol–water partition coefficient (Wildman–Crippen LogP) is 4.60. The summed E-state index contributed by atoms with van der Waals surface area (Å²) in [5, 5.41) is 12.2. The highest BCUT2D eigenvalue weighted by molar-refractivity contribution is 6.05. The lowest BCUT2D eigenvalue weighted by atomic mass is 10.1. The first kappa shape index (κ1) is 22.2. The van der Waals surface area contributed by atoms with Crippen molar-refractivity contribution in [3.63, 3.8) is 0 Å². The maximum Gasteiger partial charge on any atom is 0.435 e. The zero-order valence-corrected chi connectivity index (χ0v) is 17.5. The largest absolute Gasteiger partial charge is 0.443 e. The van der Waals surface area contributed by atoms with Gasteiger partial charge in [0.05, 0.1) is 6.07 Å². The summed E-state index contributed by atoms with van der Waals surface area (Å²) in [7, 11) is 0. The second-order valence-corrected chi connectivity index (χ2v) is 7.05. The fraction of sp³-hybridized carbons (Fsp3) is 0.0417. The average molecular weight is 459 g/mol. The van der Waals surface area contributed by atoms with Gasteiger partial charge in [0.1, 0.15) is 23.1 Å². The summed E-state index contributed by atoms with van der Waals surface area (Å²) in [5.41, 5.74) is 7.30. The van der Waals surface area contributed by atoms with Crippen molar-refractivity contribution in [2.45, 2.75) is 6.61 Å². The summed E-state index contributed by atoms with van der Waals surface area (Å²) in [6, 6.07) is 21.4. The van der Waals surface area contributed by atoms with Crippen LogP contribution in [-0.2, 0) is 11.3 Å². The molecule has 0 aliphatic heterocycles. The molecule has 34 heavy (non-hydrogen) atoms. The molecule has 0 fully saturated rings. The van der Waals surface area contributed by atoms with Crippen LogP contribution in [0.1, 0.15) is 21.7 Å². The second-order valence-electron chi connectivity index (χ2n) is 7.05. The molecule has 1 heterocycles. The van der Waals surface area contributed by atoms with Gasteiger partial charge in [-0.3, -0.25) is 10.1 Å². The fourth-order valence-electron chi connectivity index (χ4n) is 3.05. The number of carbonyl (C=O) groups excluding carboxylic acids is 2. The van der Waals surface area contributed by atoms with Gasteiger partial charge in [0.25, 0.3) is 0 Å². The fourth-order valence-corrected chi connectivity index (χ4v) is 3.05. The van der Waals surface area contributed by atoms with Crippen LogP contribution in [0.15, 0.2) is 88.3 Å². The first-order valence-corrected chi connectivity index (χ1v) is 9.94. The highest BCUT2D eigenvalue weighted by Crippen LogP contribution is 2.24. The number of hydrogen-bond acceptors (Lipinski definition) is 7. The molecule has 0 radical (unpaired) electrons. The third kappa shape index (κ3) is 5.25. The number of esters is 1. The average Bonchev–Trinajstić information content (AvgIpc) is 3.34. The van der Waals surface area contributed by atoms with E-state index in [1.54, 1.807) is 36.4 Å². The van der Waals surface area contributed by atoms with Gasteiger partial charge in [-0.2, -0.15) is 4.99 Å². The maximum absolute atomic E-state index is 12.2. The highest BCUT2D eigenvalue weighted by atomic mass is 16.7. The van der Waals surface area contributed by atoms with Crippen molar-refractivity contribution < 1.29 is 28.4 Å². The number of aliphatic imine (C=N–C) groups is 1. The lowest BCUT2D eigenvalue weighted by Gasteiger charge is -2.07. The van der Waals surface area contributed by atoms with E-state index >= 15 is 0 Å². The topological polar surface area (TPSA) is 147 Å². The molecular weight excluding hydrogens is 442 g/mol. The number of furan rings is 1. The summed E-state index contributed by atoms with van der Waals surface area (Å²) in [6.07, 6.45) is -0.804. The third-order valence-electron chi connectivity index (χ3n) is 4.71. The number of hydrogen-bond donors (Lipinski definition) is 1. The molecule has 0 saturated carbocycles. The molecule has 0 aliphatic rings. The molecule has 10 nitrogen and oxygen atoms in total. The Morgan fingerprint density at radius 2 is 1.71 bits per heavy atom. The summed E-state index contributed by atoms with van der Waals surface area (Å²) in [6.45, 7) is 0.0843. The highest BCUT2D eigenvalue weighted by Gasteiger charge is 2.19. The van der Waals surface area contributed by atoms with Crippen molar-refractivity contribution in [2.24, 2.45) is 10.7 Å². The molecule has 170 valence electrons. The minimum Gasteiger partial charge on any atom is -0.443 e. The Morgan fingerprint density at radius 3 is 2.44 bits per heavy atom. The minimum absolute atomic E-state index is 0.00474. The number of fused-ring (bicyclic) bond motifs is 1. The number of amides is 1. The number of benzene rings is 3. The molecule has 10 heteroatoms. The van der Waals surface area contributed by atoms with E-state index in [-0.39, 0.29) is 24.0 Å². The zero-order chi connectivity index (χ0) is 24.1. The third-order valence-corrected chi connectivity index (χ3v) is 4.71. The van der Waals surface area contributed by atoms with Crippen molar-refractivity contribution >= 4 is 34.6 Å². The van der Waals surface area contributed by atoms with E-state index < -0.39 is 22.9 Å². The van der Waals surface area contributed by atoms with E-state index in [9.17, 15) is 19.7 Å². The Morgan fingerprint density at radius 1 is 0.971 bits per heavy atom. The summed E-state index contributed by atoms with van der Waals surface area (Å²) in [4.78, 5) is 37.9. The molecule has 1 amide bonds. The summed E-state index contributed by atoms with van der Waals surface area (Å²) >= 11 is 0. The molecule has 0 unspecified atom stereocenters. The number of rotatable bonds is 6. The SMILES string of the molecule is NC(=NC(=O)OCc1ccccc1)c1ccc2cc(OC(=O)c3ccc([N+](=O)[O-])o3)ccc2c1. The molecule has 2 N–H and O–H groups in total. The predicted molar refractivity (Wildman–Crippen MR) is 122 cm³/mol. The van der Waals surface area contributed by atoms with Crippen molar-refractivity contribution in [3.8, 4) is 5.75 Å². The van der Waals surface area contributed by atoms with E-state index in [1.807, 2.05) is 30.3 Å². The Kier molecular flexibility index (Phi) is 6.31. The van der Waals surface area contributed by atoms with Gasteiger partial charge in [0.15, 0.2) is 0 Å². The summed E-state index contributed by atoms with van der Waals surface area (Å²) in [5.74, 6) is -1.49. The normalized spacial score (nSPS) is 11.2. The van der Waals surface area contributed by atoms with Crippen LogP contribution in [0.5, 0.6) is 5.75 Å². The Bertz CT molecular complexity index is 1410. The van der Waals surface area contributed by atoms with E-state index in [4.69, 9.17) is 19.6 Å². The van der Waals surface area contributed by atoms with Crippen LogP contribution in [0.2, 0.25) is 0 Å². The van der Waals surface area contributed by atoms with Gasteiger partial charge in [0.2, 0.25) is 5.76 Å². The molecule has 4 rings (SSSR count). The minimum atomic E-state index is -0.866. The number of carbonyl (C=O) groups is 2. The maximum atomic E-state index is 12.2. The smallest absolute Gasteiger partial charge is 0.435 e. The molecule has 3 aromatic carbocycles. The standard InChI is InChI=1S/C24H17N3O7/c25-22(26-24(29)32-14-15-4-2-1-3-5-15)18-7-6-17-13-19(9-8-16(17)12-18)33-23(28)20-10-11-21(34-20)27(30)31/h1-13H,14H2,(H2,25,26,29). The monoisotopic (exact) mass is 459 g/mol. The van der Waals surface area contributed by atoms with E-state index in [2.05, 4.69) is 4.99 Å². The first-order chi connectivity index (χ1) is 16.4. The zero-order valence-electron chi connectivity index (χ0n) is 17.5. The van der Waals surface area contributed by atoms with E-state index in [0.717, 1.165) is 22.4 Å². The quantitative estimate of drug-likeness (QED) is 0.110. The molecule has 0 saturated heterocycles. The molecule has 0 aliphatic carbocycles. The molecule has 0 bridgehead atoms. The van der Waals surface area contributed by atoms with Gasteiger partial charge in [-0.1, -0.05) is 48.5 Å². The van der Waals surface area contributed by atoms with Crippen LogP contribution in [0, 0.1) is 10.1 Å². The lowest BCUT2D eigenvalue weighted by Crippen LogP contribution is -2.16. The second kappa shape index (κ2) is 9.65. The number of ether oxygens (including phenoxy) is 2. The number of amidine groups is 1. The Balaban J connectivity index is 1.44.